The molecule has 16 heavy (non-hydrogen) atoms. The minimum atomic E-state index is 0.607. The van der Waals surface area contributed by atoms with Crippen molar-refractivity contribution in [2.45, 2.75) is 0 Å². The first-order chi connectivity index (χ1) is 7.72. The van der Waals surface area contributed by atoms with E-state index in [1.807, 2.05) is 30.3 Å². The number of hydrogen-bond acceptors (Lipinski definition) is 0. The van der Waals surface area contributed by atoms with E-state index < -0.39 is 0 Å². The van der Waals surface area contributed by atoms with Crippen molar-refractivity contribution in [1.29, 1.82) is 0 Å². The van der Waals surface area contributed by atoms with Gasteiger partial charge < -0.3 is 0 Å². The Hall–Kier alpha value is -1.42. The summed E-state index contributed by atoms with van der Waals surface area (Å²) in [5, 5.41) is 1.22. The van der Waals surface area contributed by atoms with E-state index in [2.05, 4.69) is 5.92 Å². The molecule has 0 bridgehead atoms. The van der Waals surface area contributed by atoms with Gasteiger partial charge in [-0.05, 0) is 23.8 Å². The van der Waals surface area contributed by atoms with Crippen LogP contribution in [0.25, 0.3) is 11.1 Å². The van der Waals surface area contributed by atoms with Crippen LogP contribution in [0, 0.1) is 12.3 Å². The standard InChI is InChI=1S/C14H8Cl2/c1-2-10-5-3-4-6-12(10)13-8-7-11(15)9-14(13)16/h1,3-9H. The van der Waals surface area contributed by atoms with Gasteiger partial charge >= 0.3 is 0 Å². The van der Waals surface area contributed by atoms with Crippen LogP contribution in [0.5, 0.6) is 0 Å². The first-order valence-electron chi connectivity index (χ1n) is 4.73. The molecule has 0 spiro atoms. The molecule has 2 aromatic rings. The first kappa shape index (κ1) is 11.1. The number of terminal acetylenes is 1. The van der Waals surface area contributed by atoms with Crippen LogP contribution in [0.1, 0.15) is 5.56 Å². The van der Waals surface area contributed by atoms with Crippen molar-refractivity contribution in [3.05, 3.63) is 58.1 Å². The molecular formula is C14H8Cl2. The summed E-state index contributed by atoms with van der Waals surface area (Å²) in [6, 6.07) is 13.1. The Morgan fingerprint density at radius 2 is 1.69 bits per heavy atom. The second-order valence-electron chi connectivity index (χ2n) is 3.31. The largest absolute Gasteiger partial charge is 0.115 e. The molecule has 0 heterocycles. The highest BCUT2D eigenvalue weighted by Crippen LogP contribution is 2.32. The van der Waals surface area contributed by atoms with Crippen LogP contribution in [-0.4, -0.2) is 0 Å². The minimum Gasteiger partial charge on any atom is -0.115 e. The van der Waals surface area contributed by atoms with E-state index in [9.17, 15) is 0 Å². The molecule has 0 N–H and O–H groups in total. The molecule has 2 rings (SSSR count). The lowest BCUT2D eigenvalue weighted by molar-refractivity contribution is 1.58. The van der Waals surface area contributed by atoms with Gasteiger partial charge in [-0.25, -0.2) is 0 Å². The fourth-order valence-electron chi connectivity index (χ4n) is 1.55. The van der Waals surface area contributed by atoms with Crippen molar-refractivity contribution in [3.63, 3.8) is 0 Å². The van der Waals surface area contributed by atoms with Gasteiger partial charge in [0.25, 0.3) is 0 Å². The highest BCUT2D eigenvalue weighted by atomic mass is 35.5. The zero-order chi connectivity index (χ0) is 11.5. The lowest BCUT2D eigenvalue weighted by Gasteiger charge is -2.07. The van der Waals surface area contributed by atoms with Crippen molar-refractivity contribution >= 4 is 23.2 Å². The Labute approximate surface area is 105 Å². The monoisotopic (exact) mass is 246 g/mol. The van der Waals surface area contributed by atoms with Crippen molar-refractivity contribution < 1.29 is 0 Å². The maximum atomic E-state index is 6.14. The highest BCUT2D eigenvalue weighted by molar-refractivity contribution is 6.36. The summed E-state index contributed by atoms with van der Waals surface area (Å²) in [5.41, 5.74) is 2.68. The Morgan fingerprint density at radius 1 is 0.938 bits per heavy atom. The summed E-state index contributed by atoms with van der Waals surface area (Å²) in [6.07, 6.45) is 5.45. The van der Waals surface area contributed by atoms with Crippen molar-refractivity contribution in [3.8, 4) is 23.5 Å². The predicted octanol–water partition coefficient (Wildman–Crippen LogP) is 4.64. The molecule has 0 fully saturated rings. The number of hydrogen-bond donors (Lipinski definition) is 0. The predicted molar refractivity (Wildman–Crippen MR) is 69.8 cm³/mol. The second-order valence-corrected chi connectivity index (χ2v) is 4.16. The van der Waals surface area contributed by atoms with Gasteiger partial charge in [0.2, 0.25) is 0 Å². The highest BCUT2D eigenvalue weighted by Gasteiger charge is 2.07. The van der Waals surface area contributed by atoms with Crippen LogP contribution in [0.2, 0.25) is 10.0 Å². The van der Waals surface area contributed by atoms with E-state index >= 15 is 0 Å². The molecule has 0 saturated heterocycles. The SMILES string of the molecule is C#Cc1ccccc1-c1ccc(Cl)cc1Cl. The molecule has 78 valence electrons. The van der Waals surface area contributed by atoms with Crippen molar-refractivity contribution in [1.82, 2.24) is 0 Å². The quantitative estimate of drug-likeness (QED) is 0.644. The van der Waals surface area contributed by atoms with Gasteiger partial charge in [-0.3, -0.25) is 0 Å². The lowest BCUT2D eigenvalue weighted by Crippen LogP contribution is -1.84. The Kier molecular flexibility index (Phi) is 3.19. The summed E-state index contributed by atoms with van der Waals surface area (Å²) in [5.74, 6) is 2.64. The minimum absolute atomic E-state index is 0.607. The van der Waals surface area contributed by atoms with Crippen LogP contribution in [0.3, 0.4) is 0 Å². The van der Waals surface area contributed by atoms with E-state index in [0.717, 1.165) is 16.7 Å². The molecule has 2 aromatic carbocycles. The molecule has 0 aromatic heterocycles. The van der Waals surface area contributed by atoms with Crippen LogP contribution >= 0.6 is 23.2 Å². The molecule has 0 aliphatic carbocycles. The van der Waals surface area contributed by atoms with Gasteiger partial charge in [0, 0.05) is 21.2 Å². The van der Waals surface area contributed by atoms with E-state index in [1.54, 1.807) is 12.1 Å². The summed E-state index contributed by atoms with van der Waals surface area (Å²) < 4.78 is 0. The Morgan fingerprint density at radius 3 is 2.38 bits per heavy atom. The second kappa shape index (κ2) is 4.61. The summed E-state index contributed by atoms with van der Waals surface area (Å²) >= 11 is 12.0. The Bertz CT molecular complexity index is 565. The third-order valence-electron chi connectivity index (χ3n) is 2.30. The van der Waals surface area contributed by atoms with Crippen LogP contribution < -0.4 is 0 Å². The van der Waals surface area contributed by atoms with Gasteiger partial charge in [0.1, 0.15) is 0 Å². The molecule has 0 aliphatic heterocycles. The molecule has 0 saturated carbocycles. The summed E-state index contributed by atoms with van der Waals surface area (Å²) in [6.45, 7) is 0. The average molecular weight is 247 g/mol. The van der Waals surface area contributed by atoms with E-state index in [-0.39, 0.29) is 0 Å². The average Bonchev–Trinajstić information content (AvgIpc) is 2.29. The van der Waals surface area contributed by atoms with Crippen molar-refractivity contribution in [2.24, 2.45) is 0 Å². The van der Waals surface area contributed by atoms with E-state index in [4.69, 9.17) is 29.6 Å². The van der Waals surface area contributed by atoms with Gasteiger partial charge in [-0.1, -0.05) is 53.4 Å². The fourth-order valence-corrected chi connectivity index (χ4v) is 2.06. The zero-order valence-electron chi connectivity index (χ0n) is 8.37. The summed E-state index contributed by atoms with van der Waals surface area (Å²) in [7, 11) is 0. The van der Waals surface area contributed by atoms with Crippen LogP contribution in [0.15, 0.2) is 42.5 Å². The van der Waals surface area contributed by atoms with Gasteiger partial charge in [0.15, 0.2) is 0 Å². The van der Waals surface area contributed by atoms with Crippen molar-refractivity contribution in [2.75, 3.05) is 0 Å². The number of benzene rings is 2. The fraction of sp³-hybridized carbons (Fsp3) is 0. The van der Waals surface area contributed by atoms with Gasteiger partial charge in [0.05, 0.1) is 0 Å². The third kappa shape index (κ3) is 2.07. The topological polar surface area (TPSA) is 0 Å². The molecule has 2 heteroatoms. The normalized spacial score (nSPS) is 9.81. The lowest BCUT2D eigenvalue weighted by atomic mass is 10.0. The molecule has 0 atom stereocenters. The van der Waals surface area contributed by atoms with E-state index in [1.165, 1.54) is 0 Å². The molecule has 0 aliphatic rings. The maximum absolute atomic E-state index is 6.14. The molecule has 0 unspecified atom stereocenters. The maximum Gasteiger partial charge on any atom is 0.0499 e. The number of halogens is 2. The van der Waals surface area contributed by atoms with E-state index in [0.29, 0.717) is 10.0 Å². The molecule has 0 nitrogen and oxygen atoms in total. The first-order valence-corrected chi connectivity index (χ1v) is 5.49. The third-order valence-corrected chi connectivity index (χ3v) is 2.85. The van der Waals surface area contributed by atoms with Crippen LogP contribution in [0.4, 0.5) is 0 Å². The van der Waals surface area contributed by atoms with Gasteiger partial charge in [-0.2, -0.15) is 0 Å². The molecule has 0 radical (unpaired) electrons. The molecular weight excluding hydrogens is 239 g/mol. The summed E-state index contributed by atoms with van der Waals surface area (Å²) in [4.78, 5) is 0. The smallest absolute Gasteiger partial charge is 0.0499 e. The number of rotatable bonds is 1. The Balaban J connectivity index is 2.64. The van der Waals surface area contributed by atoms with Crippen LogP contribution in [-0.2, 0) is 0 Å². The zero-order valence-corrected chi connectivity index (χ0v) is 9.89. The molecule has 0 amide bonds. The van der Waals surface area contributed by atoms with Gasteiger partial charge in [-0.15, -0.1) is 6.42 Å².